The predicted octanol–water partition coefficient (Wildman–Crippen LogP) is 6.06. The van der Waals surface area contributed by atoms with Crippen LogP contribution in [0, 0.1) is 0 Å². The minimum Gasteiger partial charge on any atom is -0.343 e. The molecule has 0 saturated heterocycles. The summed E-state index contributed by atoms with van der Waals surface area (Å²) in [7, 11) is -2.01. The zero-order chi connectivity index (χ0) is 29.4. The molecule has 3 aromatic carbocycles. The van der Waals surface area contributed by atoms with Crippen LogP contribution in [0.1, 0.15) is 79.7 Å². The molecule has 7 nitrogen and oxygen atoms in total. The first-order valence-corrected chi connectivity index (χ1v) is 15.3. The van der Waals surface area contributed by atoms with Crippen LogP contribution < -0.4 is 10.6 Å². The molecule has 0 heterocycles. The normalized spacial score (nSPS) is 14.0. The lowest BCUT2D eigenvalue weighted by atomic mass is 9.97. The lowest BCUT2D eigenvalue weighted by Crippen LogP contribution is -2.37. The van der Waals surface area contributed by atoms with E-state index in [4.69, 9.17) is 11.6 Å². The molecular weight excluding hydrogens is 546 g/mol. The third kappa shape index (κ3) is 7.57. The SMILES string of the molecule is CCC(NC)c1cccc(C(CC)N(Cc2ccc(C(=O)NC(C)C(C)=O)cc2)S(=O)(=O)c2ccc(Cl)cc2)c1. The van der Waals surface area contributed by atoms with Gasteiger partial charge in [0.25, 0.3) is 5.91 Å². The fraction of sp³-hybridized carbons (Fsp3) is 0.355. The van der Waals surface area contributed by atoms with Crippen LogP contribution in [0.15, 0.2) is 77.7 Å². The molecule has 0 aromatic heterocycles. The maximum Gasteiger partial charge on any atom is 0.251 e. The van der Waals surface area contributed by atoms with Gasteiger partial charge in [0, 0.05) is 23.2 Å². The van der Waals surface area contributed by atoms with Gasteiger partial charge in [0.05, 0.1) is 17.0 Å². The molecule has 0 aliphatic carbocycles. The molecule has 0 radical (unpaired) electrons. The van der Waals surface area contributed by atoms with Crippen molar-refractivity contribution in [3.63, 3.8) is 0 Å². The summed E-state index contributed by atoms with van der Waals surface area (Å²) in [5.41, 5.74) is 3.12. The van der Waals surface area contributed by atoms with Crippen molar-refractivity contribution in [3.05, 3.63) is 100 Å². The van der Waals surface area contributed by atoms with E-state index in [1.165, 1.54) is 23.4 Å². The Kier molecular flexibility index (Phi) is 11.0. The van der Waals surface area contributed by atoms with E-state index in [0.717, 1.165) is 23.1 Å². The molecule has 9 heteroatoms. The molecule has 3 aromatic rings. The summed E-state index contributed by atoms with van der Waals surface area (Å²) in [5.74, 6) is -0.499. The molecule has 0 saturated carbocycles. The van der Waals surface area contributed by atoms with Crippen LogP contribution in [0.3, 0.4) is 0 Å². The van der Waals surface area contributed by atoms with Crippen LogP contribution in [-0.2, 0) is 21.4 Å². The van der Waals surface area contributed by atoms with E-state index in [1.54, 1.807) is 43.3 Å². The topological polar surface area (TPSA) is 95.6 Å². The van der Waals surface area contributed by atoms with Crippen LogP contribution in [0.2, 0.25) is 5.02 Å². The lowest BCUT2D eigenvalue weighted by molar-refractivity contribution is -0.118. The smallest absolute Gasteiger partial charge is 0.251 e. The number of nitrogens with one attached hydrogen (secondary N) is 2. The quantitative estimate of drug-likeness (QED) is 0.255. The second kappa shape index (κ2) is 14.0. The van der Waals surface area contributed by atoms with Gasteiger partial charge in [-0.25, -0.2) is 8.42 Å². The maximum atomic E-state index is 14.1. The Balaban J connectivity index is 2.02. The number of hydrogen-bond acceptors (Lipinski definition) is 5. The fourth-order valence-corrected chi connectivity index (χ4v) is 6.42. The molecule has 2 N–H and O–H groups in total. The number of hydrogen-bond donors (Lipinski definition) is 2. The van der Waals surface area contributed by atoms with Crippen LogP contribution >= 0.6 is 11.6 Å². The van der Waals surface area contributed by atoms with Crippen LogP contribution in [-0.4, -0.2) is 37.5 Å². The molecule has 0 bridgehead atoms. The van der Waals surface area contributed by atoms with E-state index in [2.05, 4.69) is 29.7 Å². The third-order valence-corrected chi connectivity index (χ3v) is 9.24. The highest BCUT2D eigenvalue weighted by atomic mass is 35.5. The largest absolute Gasteiger partial charge is 0.343 e. The highest BCUT2D eigenvalue weighted by molar-refractivity contribution is 7.89. The van der Waals surface area contributed by atoms with E-state index in [1.807, 2.05) is 26.1 Å². The van der Waals surface area contributed by atoms with Crippen LogP contribution in [0.25, 0.3) is 0 Å². The van der Waals surface area contributed by atoms with Gasteiger partial charge in [-0.2, -0.15) is 4.31 Å². The highest BCUT2D eigenvalue weighted by Crippen LogP contribution is 2.34. The number of Topliss-reactive ketones (excluding diaryl/α,β-unsaturated/α-hetero) is 1. The van der Waals surface area contributed by atoms with Gasteiger partial charge in [-0.3, -0.25) is 9.59 Å². The van der Waals surface area contributed by atoms with Gasteiger partial charge >= 0.3 is 0 Å². The Hall–Kier alpha value is -3.04. The molecule has 0 aliphatic rings. The van der Waals surface area contributed by atoms with Gasteiger partial charge in [-0.15, -0.1) is 0 Å². The molecule has 0 fully saturated rings. The van der Waals surface area contributed by atoms with Gasteiger partial charge in [0.15, 0.2) is 5.78 Å². The van der Waals surface area contributed by atoms with Gasteiger partial charge in [-0.05, 0) is 86.8 Å². The van der Waals surface area contributed by atoms with Crippen LogP contribution in [0.4, 0.5) is 0 Å². The molecule has 1 amide bonds. The van der Waals surface area contributed by atoms with Gasteiger partial charge in [0.2, 0.25) is 10.0 Å². The number of rotatable bonds is 13. The van der Waals surface area contributed by atoms with Crippen molar-refractivity contribution >= 4 is 33.3 Å². The number of sulfonamides is 1. The minimum absolute atomic E-state index is 0.0999. The van der Waals surface area contributed by atoms with E-state index >= 15 is 0 Å². The average Bonchev–Trinajstić information content (AvgIpc) is 2.94. The maximum absolute atomic E-state index is 14.1. The second-order valence-corrected chi connectivity index (χ2v) is 12.2. The van der Waals surface area contributed by atoms with Crippen molar-refractivity contribution in [3.8, 4) is 0 Å². The Morgan fingerprint density at radius 1 is 0.925 bits per heavy atom. The van der Waals surface area contributed by atoms with Crippen molar-refractivity contribution in [1.29, 1.82) is 0 Å². The van der Waals surface area contributed by atoms with Crippen molar-refractivity contribution in [2.45, 2.75) is 70.1 Å². The van der Waals surface area contributed by atoms with Crippen molar-refractivity contribution in [2.75, 3.05) is 7.05 Å². The molecular formula is C31H38ClN3O4S. The van der Waals surface area contributed by atoms with Crippen LogP contribution in [0.5, 0.6) is 0 Å². The molecule has 40 heavy (non-hydrogen) atoms. The van der Waals surface area contributed by atoms with E-state index in [9.17, 15) is 18.0 Å². The van der Waals surface area contributed by atoms with Gasteiger partial charge < -0.3 is 10.6 Å². The van der Waals surface area contributed by atoms with Gasteiger partial charge in [0.1, 0.15) is 0 Å². The first kappa shape index (κ1) is 31.5. The fourth-order valence-electron chi connectivity index (χ4n) is 4.62. The Labute approximate surface area is 243 Å². The summed E-state index contributed by atoms with van der Waals surface area (Å²) < 4.78 is 29.7. The molecule has 3 rings (SSSR count). The standard InChI is InChI=1S/C31H38ClN3O4S/c1-6-29(33-5)25-9-8-10-26(19-25)30(7-2)35(40(38,39)28-17-15-27(32)16-18-28)20-23-11-13-24(14-12-23)31(37)34-21(3)22(4)36/h8-19,21,29-30,33H,6-7,20H2,1-5H3,(H,34,37). The van der Waals surface area contributed by atoms with E-state index in [-0.39, 0.29) is 29.2 Å². The average molecular weight is 584 g/mol. The monoisotopic (exact) mass is 583 g/mol. The molecule has 3 unspecified atom stereocenters. The predicted molar refractivity (Wildman–Crippen MR) is 160 cm³/mol. The van der Waals surface area contributed by atoms with E-state index < -0.39 is 22.1 Å². The summed E-state index contributed by atoms with van der Waals surface area (Å²) in [4.78, 5) is 24.2. The lowest BCUT2D eigenvalue weighted by Gasteiger charge is -2.31. The molecule has 214 valence electrons. The van der Waals surface area contributed by atoms with Crippen molar-refractivity contribution in [1.82, 2.24) is 14.9 Å². The Morgan fingerprint density at radius 3 is 2.10 bits per heavy atom. The second-order valence-electron chi connectivity index (χ2n) is 9.85. The summed E-state index contributed by atoms with van der Waals surface area (Å²) in [6.45, 7) is 7.23. The van der Waals surface area contributed by atoms with Crippen molar-refractivity contribution < 1.29 is 18.0 Å². The number of carbonyl (C=O) groups is 2. The molecule has 0 aliphatic heterocycles. The zero-order valence-electron chi connectivity index (χ0n) is 23.6. The highest BCUT2D eigenvalue weighted by Gasteiger charge is 2.32. The number of carbonyl (C=O) groups excluding carboxylic acids is 2. The zero-order valence-corrected chi connectivity index (χ0v) is 25.2. The van der Waals surface area contributed by atoms with E-state index in [0.29, 0.717) is 17.0 Å². The molecule has 3 atom stereocenters. The number of ketones is 1. The summed E-state index contributed by atoms with van der Waals surface area (Å²) >= 11 is 6.05. The summed E-state index contributed by atoms with van der Waals surface area (Å²) in [5, 5.41) is 6.44. The van der Waals surface area contributed by atoms with Gasteiger partial charge in [-0.1, -0.05) is 61.8 Å². The Morgan fingerprint density at radius 2 is 1.55 bits per heavy atom. The first-order chi connectivity index (χ1) is 19.0. The number of benzene rings is 3. The first-order valence-electron chi connectivity index (χ1n) is 13.5. The minimum atomic E-state index is -3.93. The summed E-state index contributed by atoms with van der Waals surface area (Å²) in [6.07, 6.45) is 1.45. The third-order valence-electron chi connectivity index (χ3n) is 7.12. The number of halogens is 1. The number of amides is 1. The Bertz CT molecular complexity index is 1410. The summed E-state index contributed by atoms with van der Waals surface area (Å²) in [6, 6.07) is 20.1. The van der Waals surface area contributed by atoms with Crippen molar-refractivity contribution in [2.24, 2.45) is 0 Å². The number of nitrogens with zero attached hydrogens (tertiary/aromatic N) is 1. The molecule has 0 spiro atoms.